The molecule has 2 aromatic rings. The van der Waals surface area contributed by atoms with Crippen molar-refractivity contribution in [2.45, 2.75) is 119 Å². The predicted octanol–water partition coefficient (Wildman–Crippen LogP) is 4.94. The number of aryl methyl sites for hydroxylation is 2. The molecule has 6 unspecified atom stereocenters. The maximum absolute atomic E-state index is 13.2. The number of hydrogen-bond acceptors (Lipinski definition) is 8. The van der Waals surface area contributed by atoms with E-state index < -0.39 is 0 Å². The molecule has 0 aromatic carbocycles. The average Bonchev–Trinajstić information content (AvgIpc) is 3.98. The third-order valence-corrected chi connectivity index (χ3v) is 14.9. The highest BCUT2D eigenvalue weighted by atomic mass is 16.5. The number of morpholine rings is 2. The van der Waals surface area contributed by atoms with Gasteiger partial charge in [0.15, 0.2) is 0 Å². The van der Waals surface area contributed by atoms with Gasteiger partial charge in [0, 0.05) is 57.0 Å². The maximum atomic E-state index is 13.2. The Bertz CT molecular complexity index is 1650. The van der Waals surface area contributed by atoms with Gasteiger partial charge in [-0.2, -0.15) is 10.2 Å². The Morgan fingerprint density at radius 2 is 1.17 bits per heavy atom. The van der Waals surface area contributed by atoms with Crippen molar-refractivity contribution in [3.63, 3.8) is 0 Å². The Morgan fingerprint density at radius 1 is 0.685 bits per heavy atom. The molecule has 12 heteroatoms. The summed E-state index contributed by atoms with van der Waals surface area (Å²) < 4.78 is 14.7. The monoisotopic (exact) mass is 749 g/mol. The zero-order valence-corrected chi connectivity index (χ0v) is 34.5. The van der Waals surface area contributed by atoms with Crippen LogP contribution in [-0.2, 0) is 22.6 Å². The van der Waals surface area contributed by atoms with Gasteiger partial charge in [0.05, 0.1) is 45.2 Å². The number of fused-ring (bicyclic) bond motifs is 4. The predicted molar refractivity (Wildman–Crippen MR) is 209 cm³/mol. The van der Waals surface area contributed by atoms with Crippen LogP contribution in [0.25, 0.3) is 0 Å². The van der Waals surface area contributed by atoms with Crippen molar-refractivity contribution in [2.24, 2.45) is 33.5 Å². The van der Waals surface area contributed by atoms with E-state index >= 15 is 0 Å². The Kier molecular flexibility index (Phi) is 11.2. The first kappa shape index (κ1) is 39.4. The summed E-state index contributed by atoms with van der Waals surface area (Å²) in [5.74, 6) is 1.46. The number of carbonyl (C=O) groups is 2. The van der Waals surface area contributed by atoms with Crippen LogP contribution in [0.1, 0.15) is 112 Å². The number of ether oxygens (including phenoxy) is 2. The second kappa shape index (κ2) is 15.3. The molecule has 2 saturated heterocycles. The summed E-state index contributed by atoms with van der Waals surface area (Å²) in [6.45, 7) is 28.5. The van der Waals surface area contributed by atoms with Crippen LogP contribution < -0.4 is 10.6 Å². The van der Waals surface area contributed by atoms with Crippen LogP contribution in [0.5, 0.6) is 0 Å². The summed E-state index contributed by atoms with van der Waals surface area (Å²) in [6, 6.07) is 4.32. The summed E-state index contributed by atoms with van der Waals surface area (Å²) in [4.78, 5) is 30.9. The second-order valence-electron chi connectivity index (χ2n) is 19.3. The number of nitrogens with zero attached hydrogens (tertiary/aromatic N) is 6. The SMILES string of the molecule is Cc1cc(C(=O)NC2C3(C)CCC(C3)C2(C)C)n(CCN2CCOCC2)n1.Cc1cc(C(=O)NC2C3(C)CCC(C3)C2(C)C)nn1CCN1CCOCC1. The van der Waals surface area contributed by atoms with Crippen LogP contribution in [-0.4, -0.2) is 119 Å². The summed E-state index contributed by atoms with van der Waals surface area (Å²) in [7, 11) is 0. The topological polar surface area (TPSA) is 119 Å². The van der Waals surface area contributed by atoms with Gasteiger partial charge < -0.3 is 20.1 Å². The van der Waals surface area contributed by atoms with Gasteiger partial charge in [-0.25, -0.2) is 0 Å². The lowest BCUT2D eigenvalue weighted by Crippen LogP contribution is -2.52. The summed E-state index contributed by atoms with van der Waals surface area (Å²) in [6.07, 6.45) is 7.51. The van der Waals surface area contributed by atoms with E-state index in [1.165, 1.54) is 38.5 Å². The van der Waals surface area contributed by atoms with Crippen LogP contribution in [0.4, 0.5) is 0 Å². The van der Waals surface area contributed by atoms with Gasteiger partial charge in [-0.05, 0) is 98.0 Å². The van der Waals surface area contributed by atoms with E-state index in [1.54, 1.807) is 0 Å². The fraction of sp³-hybridized carbons (Fsp3) is 0.810. The molecule has 6 aliphatic rings. The lowest BCUT2D eigenvalue weighted by Gasteiger charge is -2.43. The first-order valence-corrected chi connectivity index (χ1v) is 20.9. The third kappa shape index (κ3) is 7.78. The zero-order chi connectivity index (χ0) is 38.5. The number of nitrogens with one attached hydrogen (secondary N) is 2. The van der Waals surface area contributed by atoms with Crippen LogP contribution in [0.15, 0.2) is 12.1 Å². The normalized spacial score (nSPS) is 32.7. The van der Waals surface area contributed by atoms with Crippen LogP contribution in [0.3, 0.4) is 0 Å². The molecule has 6 fully saturated rings. The standard InChI is InChI=1S/2C21H34N4O2/c1-15-13-17(23-25(15)8-7-24-9-11-27-12-10-24)18(26)22-19-20(2,3)16-5-6-21(19,4)14-16;1-15-13-17(25(23-15)8-7-24-9-11-27-12-10-24)18(26)22-19-20(2,3)16-5-6-21(19,4)14-16/h2*13,16,19H,5-12,14H2,1-4H3,(H,22,26). The van der Waals surface area contributed by atoms with Crippen LogP contribution in [0, 0.1) is 47.3 Å². The largest absolute Gasteiger partial charge is 0.379 e. The summed E-state index contributed by atoms with van der Waals surface area (Å²) in [5, 5.41) is 16.0. The molecule has 12 nitrogen and oxygen atoms in total. The summed E-state index contributed by atoms with van der Waals surface area (Å²) in [5.41, 5.74) is 3.99. The molecule has 0 radical (unpaired) electrons. The van der Waals surface area contributed by atoms with E-state index in [0.29, 0.717) is 11.4 Å². The molecule has 300 valence electrons. The molecule has 4 aliphatic carbocycles. The lowest BCUT2D eigenvalue weighted by molar-refractivity contribution is 0.0357. The zero-order valence-electron chi connectivity index (χ0n) is 34.5. The number of hydrogen-bond donors (Lipinski definition) is 2. The Labute approximate surface area is 323 Å². The smallest absolute Gasteiger partial charge is 0.272 e. The number of carbonyl (C=O) groups excluding carboxylic acids is 2. The fourth-order valence-corrected chi connectivity index (χ4v) is 11.6. The minimum absolute atomic E-state index is 0.0185. The van der Waals surface area contributed by atoms with E-state index in [9.17, 15) is 9.59 Å². The third-order valence-electron chi connectivity index (χ3n) is 14.9. The molecule has 4 saturated carbocycles. The van der Waals surface area contributed by atoms with E-state index in [4.69, 9.17) is 9.47 Å². The molecule has 4 bridgehead atoms. The minimum Gasteiger partial charge on any atom is -0.379 e. The molecule has 4 heterocycles. The lowest BCUT2D eigenvalue weighted by atomic mass is 9.68. The highest BCUT2D eigenvalue weighted by molar-refractivity contribution is 5.93. The molecule has 2 N–H and O–H groups in total. The molecule has 6 atom stereocenters. The highest BCUT2D eigenvalue weighted by Crippen LogP contribution is 2.63. The Morgan fingerprint density at radius 3 is 1.65 bits per heavy atom. The molecule has 54 heavy (non-hydrogen) atoms. The van der Waals surface area contributed by atoms with Crippen molar-refractivity contribution in [3.8, 4) is 0 Å². The Hall–Kier alpha value is -2.80. The minimum atomic E-state index is -0.0185. The fourth-order valence-electron chi connectivity index (χ4n) is 11.6. The maximum Gasteiger partial charge on any atom is 0.272 e. The average molecular weight is 749 g/mol. The van der Waals surface area contributed by atoms with E-state index in [1.807, 2.05) is 35.3 Å². The molecule has 2 aromatic heterocycles. The molecular weight excluding hydrogens is 681 g/mol. The van der Waals surface area contributed by atoms with Crippen molar-refractivity contribution in [2.75, 3.05) is 65.7 Å². The first-order chi connectivity index (χ1) is 25.6. The van der Waals surface area contributed by atoms with Gasteiger partial charge in [0.1, 0.15) is 11.4 Å². The molecule has 0 spiro atoms. The first-order valence-electron chi connectivity index (χ1n) is 20.9. The van der Waals surface area contributed by atoms with Crippen LogP contribution >= 0.6 is 0 Å². The van der Waals surface area contributed by atoms with Crippen molar-refractivity contribution >= 4 is 11.8 Å². The number of amides is 2. The van der Waals surface area contributed by atoms with Gasteiger partial charge in [-0.1, -0.05) is 41.5 Å². The number of aromatic nitrogens is 4. The highest BCUT2D eigenvalue weighted by Gasteiger charge is 2.61. The van der Waals surface area contributed by atoms with E-state index in [0.717, 1.165) is 102 Å². The van der Waals surface area contributed by atoms with Crippen molar-refractivity contribution < 1.29 is 19.1 Å². The van der Waals surface area contributed by atoms with Gasteiger partial charge in [-0.3, -0.25) is 28.8 Å². The van der Waals surface area contributed by atoms with Gasteiger partial charge in [-0.15, -0.1) is 0 Å². The van der Waals surface area contributed by atoms with E-state index in [-0.39, 0.29) is 45.6 Å². The number of rotatable bonds is 10. The van der Waals surface area contributed by atoms with Crippen molar-refractivity contribution in [1.82, 2.24) is 40.0 Å². The van der Waals surface area contributed by atoms with Gasteiger partial charge in [0.25, 0.3) is 11.8 Å². The molecule has 2 amide bonds. The van der Waals surface area contributed by atoms with Gasteiger partial charge >= 0.3 is 0 Å². The second-order valence-corrected chi connectivity index (χ2v) is 19.3. The van der Waals surface area contributed by atoms with Crippen molar-refractivity contribution in [1.29, 1.82) is 0 Å². The summed E-state index contributed by atoms with van der Waals surface area (Å²) >= 11 is 0. The Balaban J connectivity index is 0.000000167. The van der Waals surface area contributed by atoms with E-state index in [2.05, 4.69) is 72.2 Å². The quantitative estimate of drug-likeness (QED) is 0.351. The molecular formula is C42H68N8O4. The van der Waals surface area contributed by atoms with Crippen molar-refractivity contribution in [3.05, 3.63) is 34.9 Å². The van der Waals surface area contributed by atoms with Crippen LogP contribution in [0.2, 0.25) is 0 Å². The molecule has 2 aliphatic heterocycles. The molecule has 8 rings (SSSR count). The van der Waals surface area contributed by atoms with Gasteiger partial charge in [0.2, 0.25) is 0 Å².